The van der Waals surface area contributed by atoms with Crippen molar-refractivity contribution in [1.82, 2.24) is 25.4 Å². The molecular weight excluding hydrogens is 455 g/mol. The summed E-state index contributed by atoms with van der Waals surface area (Å²) in [5.41, 5.74) is 1.20. The van der Waals surface area contributed by atoms with E-state index in [2.05, 4.69) is 58.7 Å². The maximum Gasteiger partial charge on any atom is 0.191 e. The summed E-state index contributed by atoms with van der Waals surface area (Å²) in [6.45, 7) is 10.6. The number of guanidine groups is 1. The van der Waals surface area contributed by atoms with E-state index in [4.69, 9.17) is 4.74 Å². The minimum atomic E-state index is 0. The molecule has 0 aliphatic heterocycles. The van der Waals surface area contributed by atoms with Gasteiger partial charge < -0.3 is 19.9 Å². The van der Waals surface area contributed by atoms with Gasteiger partial charge in [-0.15, -0.1) is 34.2 Å². The van der Waals surface area contributed by atoms with Crippen molar-refractivity contribution in [2.45, 2.75) is 40.5 Å². The van der Waals surface area contributed by atoms with E-state index in [-0.39, 0.29) is 24.0 Å². The third kappa shape index (κ3) is 8.70. The van der Waals surface area contributed by atoms with Crippen LogP contribution >= 0.6 is 24.0 Å². The zero-order chi connectivity index (χ0) is 18.6. The molecule has 0 radical (unpaired) electrons. The SMILES string of the molecule is CCNC(=NCc1nncn1CC)NCC(C)COCc1ccccc1.I. The van der Waals surface area contributed by atoms with Crippen LogP contribution in [-0.4, -0.2) is 40.4 Å². The first-order valence-electron chi connectivity index (χ1n) is 9.23. The molecule has 1 unspecified atom stereocenters. The number of benzene rings is 1. The van der Waals surface area contributed by atoms with E-state index in [0.29, 0.717) is 25.7 Å². The van der Waals surface area contributed by atoms with Gasteiger partial charge in [0.25, 0.3) is 0 Å². The van der Waals surface area contributed by atoms with Gasteiger partial charge in [-0.2, -0.15) is 0 Å². The Balaban J connectivity index is 0.00000364. The number of ether oxygens (including phenoxy) is 1. The summed E-state index contributed by atoms with van der Waals surface area (Å²) < 4.78 is 7.79. The van der Waals surface area contributed by atoms with Crippen LogP contribution in [0.2, 0.25) is 0 Å². The topological polar surface area (TPSA) is 76.4 Å². The predicted molar refractivity (Wildman–Crippen MR) is 119 cm³/mol. The van der Waals surface area contributed by atoms with E-state index in [0.717, 1.165) is 31.4 Å². The fourth-order valence-electron chi connectivity index (χ4n) is 2.44. The third-order valence-electron chi connectivity index (χ3n) is 3.89. The lowest BCUT2D eigenvalue weighted by atomic mass is 10.2. The van der Waals surface area contributed by atoms with Crippen LogP contribution in [-0.2, 0) is 24.4 Å². The zero-order valence-corrected chi connectivity index (χ0v) is 18.7. The minimum Gasteiger partial charge on any atom is -0.376 e. The zero-order valence-electron chi connectivity index (χ0n) is 16.4. The molecule has 7 nitrogen and oxygen atoms in total. The number of nitrogens with zero attached hydrogens (tertiary/aromatic N) is 4. The number of rotatable bonds is 10. The first-order chi connectivity index (χ1) is 12.7. The molecule has 0 aliphatic rings. The monoisotopic (exact) mass is 486 g/mol. The lowest BCUT2D eigenvalue weighted by Gasteiger charge is -2.16. The molecule has 2 aromatic rings. The molecule has 8 heteroatoms. The molecule has 0 saturated heterocycles. The number of aromatic nitrogens is 3. The van der Waals surface area contributed by atoms with Gasteiger partial charge >= 0.3 is 0 Å². The second-order valence-electron chi connectivity index (χ2n) is 6.22. The van der Waals surface area contributed by atoms with Crippen molar-refractivity contribution < 1.29 is 4.74 Å². The van der Waals surface area contributed by atoms with E-state index in [1.165, 1.54) is 5.56 Å². The summed E-state index contributed by atoms with van der Waals surface area (Å²) in [7, 11) is 0. The Morgan fingerprint density at radius 3 is 2.70 bits per heavy atom. The lowest BCUT2D eigenvalue weighted by Crippen LogP contribution is -2.40. The van der Waals surface area contributed by atoms with E-state index < -0.39 is 0 Å². The largest absolute Gasteiger partial charge is 0.376 e. The first kappa shape index (κ1) is 23.4. The fraction of sp³-hybridized carbons (Fsp3) is 0.526. The molecular formula is C19H31IN6O. The highest BCUT2D eigenvalue weighted by Gasteiger charge is 2.06. The van der Waals surface area contributed by atoms with Gasteiger partial charge in [0.05, 0.1) is 13.2 Å². The molecule has 0 amide bonds. The smallest absolute Gasteiger partial charge is 0.191 e. The second-order valence-corrected chi connectivity index (χ2v) is 6.22. The Morgan fingerprint density at radius 2 is 2.00 bits per heavy atom. The number of hydrogen-bond acceptors (Lipinski definition) is 4. The number of nitrogens with one attached hydrogen (secondary N) is 2. The van der Waals surface area contributed by atoms with E-state index in [1.54, 1.807) is 6.33 Å². The van der Waals surface area contributed by atoms with Crippen molar-refractivity contribution in [2.75, 3.05) is 19.7 Å². The highest BCUT2D eigenvalue weighted by atomic mass is 127. The molecule has 2 rings (SSSR count). The average molecular weight is 486 g/mol. The molecule has 0 fully saturated rings. The highest BCUT2D eigenvalue weighted by Crippen LogP contribution is 2.03. The maximum atomic E-state index is 5.80. The predicted octanol–water partition coefficient (Wildman–Crippen LogP) is 2.82. The van der Waals surface area contributed by atoms with Gasteiger partial charge in [0.15, 0.2) is 11.8 Å². The molecule has 1 aromatic heterocycles. The van der Waals surface area contributed by atoms with Crippen molar-refractivity contribution >= 4 is 29.9 Å². The Bertz CT molecular complexity index is 661. The molecule has 1 atom stereocenters. The first-order valence-corrected chi connectivity index (χ1v) is 9.23. The Labute approximate surface area is 179 Å². The molecule has 0 bridgehead atoms. The molecule has 1 heterocycles. The minimum absolute atomic E-state index is 0. The van der Waals surface area contributed by atoms with Crippen LogP contribution in [0.3, 0.4) is 0 Å². The van der Waals surface area contributed by atoms with Crippen LogP contribution < -0.4 is 10.6 Å². The molecule has 150 valence electrons. The molecule has 27 heavy (non-hydrogen) atoms. The van der Waals surface area contributed by atoms with E-state index in [1.807, 2.05) is 22.8 Å². The Kier molecular flexibility index (Phi) is 11.7. The number of hydrogen-bond donors (Lipinski definition) is 2. The number of halogens is 1. The molecule has 0 spiro atoms. The van der Waals surface area contributed by atoms with Crippen LogP contribution in [0.4, 0.5) is 0 Å². The normalized spacial score (nSPS) is 12.3. The average Bonchev–Trinajstić information content (AvgIpc) is 3.12. The molecule has 1 aromatic carbocycles. The van der Waals surface area contributed by atoms with Crippen LogP contribution in [0.25, 0.3) is 0 Å². The number of aryl methyl sites for hydroxylation is 1. The van der Waals surface area contributed by atoms with Crippen molar-refractivity contribution in [3.05, 3.63) is 48.0 Å². The van der Waals surface area contributed by atoms with E-state index in [9.17, 15) is 0 Å². The van der Waals surface area contributed by atoms with Crippen molar-refractivity contribution in [1.29, 1.82) is 0 Å². The van der Waals surface area contributed by atoms with Crippen molar-refractivity contribution in [3.8, 4) is 0 Å². The van der Waals surface area contributed by atoms with Crippen LogP contribution in [0.15, 0.2) is 41.7 Å². The summed E-state index contributed by atoms with van der Waals surface area (Å²) in [6.07, 6.45) is 1.73. The van der Waals surface area contributed by atoms with Crippen LogP contribution in [0, 0.1) is 5.92 Å². The second kappa shape index (κ2) is 13.5. The maximum absolute atomic E-state index is 5.80. The van der Waals surface area contributed by atoms with Gasteiger partial charge in [0.2, 0.25) is 0 Å². The summed E-state index contributed by atoms with van der Waals surface area (Å²) >= 11 is 0. The van der Waals surface area contributed by atoms with Gasteiger partial charge in [-0.25, -0.2) is 4.99 Å². The lowest BCUT2D eigenvalue weighted by molar-refractivity contribution is 0.0931. The van der Waals surface area contributed by atoms with Crippen molar-refractivity contribution in [2.24, 2.45) is 10.9 Å². The standard InChI is InChI=1S/C19H30N6O.HI/c1-4-20-19(22-12-18-24-23-15-25(18)5-2)21-11-16(3)13-26-14-17-9-7-6-8-10-17;/h6-10,15-16H,4-5,11-14H2,1-3H3,(H2,20,21,22);1H. The molecule has 0 saturated carbocycles. The van der Waals surface area contributed by atoms with Gasteiger partial charge in [-0.05, 0) is 25.3 Å². The molecule has 2 N–H and O–H groups in total. The number of aliphatic imine (C=N–C) groups is 1. The van der Waals surface area contributed by atoms with Gasteiger partial charge in [0.1, 0.15) is 12.9 Å². The quantitative estimate of drug-likeness (QED) is 0.307. The fourth-order valence-corrected chi connectivity index (χ4v) is 2.44. The summed E-state index contributed by atoms with van der Waals surface area (Å²) in [5, 5.41) is 14.7. The molecule has 0 aliphatic carbocycles. The van der Waals surface area contributed by atoms with Gasteiger partial charge in [-0.3, -0.25) is 0 Å². The van der Waals surface area contributed by atoms with Crippen LogP contribution in [0.5, 0.6) is 0 Å². The highest BCUT2D eigenvalue weighted by molar-refractivity contribution is 14.0. The van der Waals surface area contributed by atoms with E-state index >= 15 is 0 Å². The summed E-state index contributed by atoms with van der Waals surface area (Å²) in [4.78, 5) is 4.59. The Morgan fingerprint density at radius 1 is 1.22 bits per heavy atom. The van der Waals surface area contributed by atoms with Gasteiger partial charge in [-0.1, -0.05) is 37.3 Å². The summed E-state index contributed by atoms with van der Waals surface area (Å²) in [5.74, 6) is 2.03. The third-order valence-corrected chi connectivity index (χ3v) is 3.89. The summed E-state index contributed by atoms with van der Waals surface area (Å²) in [6, 6.07) is 10.2. The Hall–Kier alpha value is -1.68. The van der Waals surface area contributed by atoms with Gasteiger partial charge in [0, 0.05) is 19.6 Å². The van der Waals surface area contributed by atoms with Crippen molar-refractivity contribution in [3.63, 3.8) is 0 Å². The van der Waals surface area contributed by atoms with Crippen LogP contribution in [0.1, 0.15) is 32.2 Å².